The Kier molecular flexibility index (Phi) is 4.31. The molecule has 0 atom stereocenters. The van der Waals surface area contributed by atoms with Crippen molar-refractivity contribution in [3.05, 3.63) is 88.2 Å². The first-order chi connectivity index (χ1) is 12.2. The molecule has 0 saturated heterocycles. The molecule has 0 saturated carbocycles. The van der Waals surface area contributed by atoms with Crippen molar-refractivity contribution in [2.45, 2.75) is 0 Å². The Balaban J connectivity index is 1.59. The maximum atomic E-state index is 6.06. The topological polar surface area (TPSA) is 26.0 Å². The molecule has 4 rings (SSSR count). The third-order valence-corrected chi connectivity index (χ3v) is 4.61. The van der Waals surface area contributed by atoms with Crippen LogP contribution in [-0.4, -0.2) is 4.98 Å². The van der Waals surface area contributed by atoms with Gasteiger partial charge in [-0.3, -0.25) is 0 Å². The smallest absolute Gasteiger partial charge is 0.134 e. The maximum Gasteiger partial charge on any atom is 0.134 e. The van der Waals surface area contributed by atoms with Crippen molar-refractivity contribution < 1.29 is 4.42 Å². The standard InChI is InChI=1S/C21H13Cl2NO/c22-18-11-6-15(13-19(18)23)21-12-10-17(25-21)9-8-16-7-5-14-3-1-2-4-20(14)24-16/h1-13H/b9-8+. The molecule has 0 N–H and O–H groups in total. The molecular formula is C21H13Cl2NO. The number of halogens is 2. The first-order valence-corrected chi connectivity index (χ1v) is 8.54. The minimum absolute atomic E-state index is 0.507. The van der Waals surface area contributed by atoms with Crippen LogP contribution in [0.1, 0.15) is 11.5 Å². The second-order valence-electron chi connectivity index (χ2n) is 5.59. The second kappa shape index (κ2) is 6.75. The summed E-state index contributed by atoms with van der Waals surface area (Å²) < 4.78 is 5.86. The third-order valence-electron chi connectivity index (χ3n) is 3.87. The number of hydrogen-bond acceptors (Lipinski definition) is 2. The highest BCUT2D eigenvalue weighted by Crippen LogP contribution is 2.30. The van der Waals surface area contributed by atoms with E-state index in [1.165, 1.54) is 0 Å². The third kappa shape index (κ3) is 3.46. The molecule has 0 amide bonds. The van der Waals surface area contributed by atoms with E-state index in [2.05, 4.69) is 11.1 Å². The molecule has 4 aromatic rings. The largest absolute Gasteiger partial charge is 0.457 e. The van der Waals surface area contributed by atoms with Gasteiger partial charge in [-0.25, -0.2) is 4.98 Å². The Morgan fingerprint density at radius 2 is 1.68 bits per heavy atom. The zero-order valence-corrected chi connectivity index (χ0v) is 14.6. The van der Waals surface area contributed by atoms with Gasteiger partial charge in [-0.05, 0) is 54.6 Å². The van der Waals surface area contributed by atoms with Crippen LogP contribution in [0, 0.1) is 0 Å². The molecule has 2 aromatic heterocycles. The highest BCUT2D eigenvalue weighted by Gasteiger charge is 2.06. The van der Waals surface area contributed by atoms with E-state index < -0.39 is 0 Å². The zero-order valence-electron chi connectivity index (χ0n) is 13.1. The number of aromatic nitrogens is 1. The summed E-state index contributed by atoms with van der Waals surface area (Å²) in [6.45, 7) is 0. The minimum atomic E-state index is 0.507. The number of pyridine rings is 1. The van der Waals surface area contributed by atoms with Crippen LogP contribution in [0.3, 0.4) is 0 Å². The highest BCUT2D eigenvalue weighted by molar-refractivity contribution is 6.42. The van der Waals surface area contributed by atoms with Crippen molar-refractivity contribution in [1.29, 1.82) is 0 Å². The molecule has 0 aliphatic rings. The summed E-state index contributed by atoms with van der Waals surface area (Å²) in [7, 11) is 0. The van der Waals surface area contributed by atoms with Crippen LogP contribution in [0.2, 0.25) is 10.0 Å². The van der Waals surface area contributed by atoms with Gasteiger partial charge in [-0.15, -0.1) is 0 Å². The number of nitrogens with zero attached hydrogens (tertiary/aromatic N) is 1. The molecule has 4 heteroatoms. The Bertz CT molecular complexity index is 1080. The van der Waals surface area contributed by atoms with E-state index in [4.69, 9.17) is 27.6 Å². The average Bonchev–Trinajstić information content (AvgIpc) is 3.11. The maximum absolute atomic E-state index is 6.06. The summed E-state index contributed by atoms with van der Waals surface area (Å²) in [6.07, 6.45) is 3.84. The van der Waals surface area contributed by atoms with E-state index in [0.29, 0.717) is 10.0 Å². The number of furan rings is 1. The van der Waals surface area contributed by atoms with Gasteiger partial charge in [0.2, 0.25) is 0 Å². The molecule has 2 aromatic carbocycles. The summed E-state index contributed by atoms with van der Waals surface area (Å²) in [6, 6.07) is 21.3. The van der Waals surface area contributed by atoms with Crippen molar-refractivity contribution in [2.75, 3.05) is 0 Å². The Labute approximate surface area is 155 Å². The van der Waals surface area contributed by atoms with Gasteiger partial charge >= 0.3 is 0 Å². The fraction of sp³-hybridized carbons (Fsp3) is 0. The van der Waals surface area contributed by atoms with Crippen molar-refractivity contribution >= 4 is 46.3 Å². The number of fused-ring (bicyclic) bond motifs is 1. The quantitative estimate of drug-likeness (QED) is 0.391. The van der Waals surface area contributed by atoms with Gasteiger partial charge in [0.25, 0.3) is 0 Å². The van der Waals surface area contributed by atoms with Crippen molar-refractivity contribution in [3.63, 3.8) is 0 Å². The molecule has 0 unspecified atom stereocenters. The average molecular weight is 366 g/mol. The van der Waals surface area contributed by atoms with Gasteiger partial charge in [-0.2, -0.15) is 0 Å². The lowest BCUT2D eigenvalue weighted by Gasteiger charge is -1.99. The Hall–Kier alpha value is -2.55. The molecule has 2 heterocycles. The highest BCUT2D eigenvalue weighted by atomic mass is 35.5. The van der Waals surface area contributed by atoms with Crippen LogP contribution in [0.25, 0.3) is 34.4 Å². The monoisotopic (exact) mass is 365 g/mol. The van der Waals surface area contributed by atoms with E-state index >= 15 is 0 Å². The SMILES string of the molecule is Clc1ccc(-c2ccc(/C=C/c3ccc4ccccc4n3)o2)cc1Cl. The predicted octanol–water partition coefficient (Wildman–Crippen LogP) is 6.97. The number of rotatable bonds is 3. The Morgan fingerprint density at radius 1 is 0.800 bits per heavy atom. The fourth-order valence-corrected chi connectivity index (χ4v) is 2.89. The molecule has 2 nitrogen and oxygen atoms in total. The number of para-hydroxylation sites is 1. The molecule has 25 heavy (non-hydrogen) atoms. The molecule has 0 aliphatic heterocycles. The molecule has 0 aliphatic carbocycles. The number of benzene rings is 2. The van der Waals surface area contributed by atoms with Crippen LogP contribution in [0.15, 0.2) is 71.1 Å². The van der Waals surface area contributed by atoms with Crippen molar-refractivity contribution in [2.24, 2.45) is 0 Å². The summed E-state index contributed by atoms with van der Waals surface area (Å²) in [5.41, 5.74) is 2.74. The van der Waals surface area contributed by atoms with Gasteiger partial charge in [0.05, 0.1) is 21.3 Å². The normalized spacial score (nSPS) is 11.4. The zero-order chi connectivity index (χ0) is 17.2. The van der Waals surface area contributed by atoms with E-state index in [1.54, 1.807) is 12.1 Å². The summed E-state index contributed by atoms with van der Waals surface area (Å²) in [5.74, 6) is 1.49. The van der Waals surface area contributed by atoms with Gasteiger partial charge in [0.1, 0.15) is 11.5 Å². The van der Waals surface area contributed by atoms with Crippen LogP contribution in [-0.2, 0) is 0 Å². The molecule has 122 valence electrons. The van der Waals surface area contributed by atoms with Crippen LogP contribution in [0.4, 0.5) is 0 Å². The lowest BCUT2D eigenvalue weighted by molar-refractivity contribution is 0.572. The number of hydrogen-bond donors (Lipinski definition) is 0. The van der Waals surface area contributed by atoms with Crippen molar-refractivity contribution in [1.82, 2.24) is 4.98 Å². The summed E-state index contributed by atoms with van der Waals surface area (Å²) in [5, 5.41) is 2.16. The first kappa shape index (κ1) is 15.9. The molecule has 0 spiro atoms. The van der Waals surface area contributed by atoms with Crippen LogP contribution in [0.5, 0.6) is 0 Å². The van der Waals surface area contributed by atoms with Crippen LogP contribution >= 0.6 is 23.2 Å². The fourth-order valence-electron chi connectivity index (χ4n) is 2.59. The predicted molar refractivity (Wildman–Crippen MR) is 105 cm³/mol. The summed E-state index contributed by atoms with van der Waals surface area (Å²) in [4.78, 5) is 4.62. The van der Waals surface area contributed by atoms with E-state index in [1.807, 2.05) is 60.7 Å². The molecule has 0 radical (unpaired) electrons. The van der Waals surface area contributed by atoms with E-state index in [9.17, 15) is 0 Å². The molecular weight excluding hydrogens is 353 g/mol. The van der Waals surface area contributed by atoms with Gasteiger partial charge in [-0.1, -0.05) is 47.5 Å². The van der Waals surface area contributed by atoms with E-state index in [-0.39, 0.29) is 0 Å². The second-order valence-corrected chi connectivity index (χ2v) is 6.41. The van der Waals surface area contributed by atoms with Gasteiger partial charge in [0.15, 0.2) is 0 Å². The van der Waals surface area contributed by atoms with Gasteiger partial charge < -0.3 is 4.42 Å². The van der Waals surface area contributed by atoms with Gasteiger partial charge in [0, 0.05) is 10.9 Å². The summed E-state index contributed by atoms with van der Waals surface area (Å²) >= 11 is 12.0. The minimum Gasteiger partial charge on any atom is -0.457 e. The van der Waals surface area contributed by atoms with Crippen molar-refractivity contribution in [3.8, 4) is 11.3 Å². The van der Waals surface area contributed by atoms with E-state index in [0.717, 1.165) is 33.7 Å². The molecule has 0 bridgehead atoms. The lowest BCUT2D eigenvalue weighted by Crippen LogP contribution is -1.82. The lowest BCUT2D eigenvalue weighted by atomic mass is 10.2. The first-order valence-electron chi connectivity index (χ1n) is 7.78. The van der Waals surface area contributed by atoms with Crippen LogP contribution < -0.4 is 0 Å². The Morgan fingerprint density at radius 3 is 2.56 bits per heavy atom. The molecule has 0 fully saturated rings.